The third-order valence-electron chi connectivity index (χ3n) is 7.66. The van der Waals surface area contributed by atoms with Crippen LogP contribution in [-0.4, -0.2) is 15.9 Å². The minimum Gasteiger partial charge on any atom is -0.371 e. The van der Waals surface area contributed by atoms with Gasteiger partial charge in [0, 0.05) is 6.54 Å². The summed E-state index contributed by atoms with van der Waals surface area (Å²) in [5.41, 5.74) is 5.76. The summed E-state index contributed by atoms with van der Waals surface area (Å²) >= 11 is 0. The second kappa shape index (κ2) is 15.5. The largest absolute Gasteiger partial charge is 0.371 e. The number of hydrogen-bond acceptors (Lipinski definition) is 3. The maximum absolute atomic E-state index is 9.85. The van der Waals surface area contributed by atoms with Crippen LogP contribution in [0, 0.1) is 18.3 Å². The van der Waals surface area contributed by atoms with E-state index >= 15 is 0 Å². The third kappa shape index (κ3) is 7.48. The van der Waals surface area contributed by atoms with Crippen LogP contribution in [0.5, 0.6) is 0 Å². The molecule has 0 aliphatic heterocycles. The van der Waals surface area contributed by atoms with Crippen LogP contribution in [0.1, 0.15) is 127 Å². The molecule has 0 saturated carbocycles. The van der Waals surface area contributed by atoms with Crippen LogP contribution in [0.25, 0.3) is 16.7 Å². The van der Waals surface area contributed by atoms with Gasteiger partial charge in [-0.15, -0.1) is 0 Å². The number of pyridine rings is 1. The highest BCUT2D eigenvalue weighted by Gasteiger charge is 2.19. The van der Waals surface area contributed by atoms with E-state index in [1.54, 1.807) is 0 Å². The molecule has 3 aromatic rings. The highest BCUT2D eigenvalue weighted by Crippen LogP contribution is 2.31. The lowest BCUT2D eigenvalue weighted by molar-refractivity contribution is 0.533. The number of imidazole rings is 1. The van der Waals surface area contributed by atoms with Crippen LogP contribution >= 0.6 is 0 Å². The molecule has 0 fully saturated rings. The molecule has 0 radical (unpaired) electrons. The molecule has 0 saturated heterocycles. The number of rotatable bonds is 18. The molecule has 196 valence electrons. The molecule has 4 heteroatoms. The van der Waals surface area contributed by atoms with Crippen molar-refractivity contribution >= 4 is 22.5 Å². The number of benzene rings is 1. The molecule has 2 heterocycles. The predicted octanol–water partition coefficient (Wildman–Crippen LogP) is 9.51. The molecule has 0 atom stereocenters. The first-order valence-corrected chi connectivity index (χ1v) is 14.8. The SMILES string of the molecule is CCCCCCCCCCCCCCCCCNc1c(CC)c(C)c(C#N)c2nc3ccccc3n12. The van der Waals surface area contributed by atoms with Crippen LogP contribution in [0.3, 0.4) is 0 Å². The van der Waals surface area contributed by atoms with E-state index in [0.717, 1.165) is 41.0 Å². The van der Waals surface area contributed by atoms with Crippen LogP contribution in [0.4, 0.5) is 5.82 Å². The number of nitrogens with one attached hydrogen (secondary N) is 1. The lowest BCUT2D eigenvalue weighted by atomic mass is 10.0. The Balaban J connectivity index is 1.40. The molecule has 0 spiro atoms. The molecular weight excluding hydrogens is 440 g/mol. The first-order valence-electron chi connectivity index (χ1n) is 14.8. The van der Waals surface area contributed by atoms with Crippen molar-refractivity contribution in [1.82, 2.24) is 9.38 Å². The fourth-order valence-electron chi connectivity index (χ4n) is 5.51. The van der Waals surface area contributed by atoms with E-state index in [2.05, 4.69) is 42.6 Å². The van der Waals surface area contributed by atoms with Gasteiger partial charge in [-0.3, -0.25) is 4.40 Å². The second-order valence-corrected chi connectivity index (χ2v) is 10.4. The molecule has 36 heavy (non-hydrogen) atoms. The quantitative estimate of drug-likeness (QED) is 0.181. The van der Waals surface area contributed by atoms with Gasteiger partial charge in [0.25, 0.3) is 0 Å². The maximum Gasteiger partial charge on any atom is 0.157 e. The first kappa shape index (κ1) is 28.0. The van der Waals surface area contributed by atoms with Crippen LogP contribution < -0.4 is 5.32 Å². The van der Waals surface area contributed by atoms with Gasteiger partial charge in [0.05, 0.1) is 16.6 Å². The number of fused-ring (bicyclic) bond motifs is 3. The number of unbranched alkanes of at least 4 members (excludes halogenated alkanes) is 14. The summed E-state index contributed by atoms with van der Waals surface area (Å²) < 4.78 is 2.17. The molecule has 3 rings (SSSR count). The average Bonchev–Trinajstić information content (AvgIpc) is 3.27. The summed E-state index contributed by atoms with van der Waals surface area (Å²) in [5, 5.41) is 13.6. The molecule has 0 amide bonds. The standard InChI is InChI=1S/C32H48N4/c1-4-6-7-8-9-10-11-12-13-14-15-16-17-18-21-24-34-31-27(5-2)26(3)28(25-33)32-35-29-22-19-20-23-30(29)36(31)32/h19-20,22-23,34H,4-18,21,24H2,1-3H3. The van der Waals surface area contributed by atoms with E-state index in [9.17, 15) is 5.26 Å². The number of nitriles is 1. The zero-order valence-corrected chi connectivity index (χ0v) is 23.2. The zero-order chi connectivity index (χ0) is 25.6. The van der Waals surface area contributed by atoms with E-state index in [0.29, 0.717) is 5.56 Å². The molecule has 0 aliphatic carbocycles. The Morgan fingerprint density at radius 1 is 0.806 bits per heavy atom. The molecule has 0 bridgehead atoms. The van der Waals surface area contributed by atoms with Gasteiger partial charge in [0.2, 0.25) is 0 Å². The average molecular weight is 489 g/mol. The van der Waals surface area contributed by atoms with Gasteiger partial charge >= 0.3 is 0 Å². The van der Waals surface area contributed by atoms with Crippen molar-refractivity contribution in [2.45, 2.75) is 124 Å². The highest BCUT2D eigenvalue weighted by molar-refractivity contribution is 5.86. The fraction of sp³-hybridized carbons (Fsp3) is 0.625. The summed E-state index contributed by atoms with van der Waals surface area (Å²) in [6.07, 6.45) is 21.6. The van der Waals surface area contributed by atoms with Crippen molar-refractivity contribution in [3.63, 3.8) is 0 Å². The number of anilines is 1. The number of para-hydroxylation sites is 2. The molecule has 0 unspecified atom stereocenters. The summed E-state index contributed by atoms with van der Waals surface area (Å²) in [6.45, 7) is 7.48. The van der Waals surface area contributed by atoms with Crippen molar-refractivity contribution in [3.8, 4) is 6.07 Å². The summed E-state index contributed by atoms with van der Waals surface area (Å²) in [6, 6.07) is 10.6. The molecule has 2 aromatic heterocycles. The van der Waals surface area contributed by atoms with Gasteiger partial charge < -0.3 is 5.32 Å². The minimum atomic E-state index is 0.695. The Bertz CT molecular complexity index is 1100. The minimum absolute atomic E-state index is 0.695. The Morgan fingerprint density at radius 3 is 1.92 bits per heavy atom. The van der Waals surface area contributed by atoms with Gasteiger partial charge in [-0.05, 0) is 43.0 Å². The van der Waals surface area contributed by atoms with Gasteiger partial charge in [0.1, 0.15) is 11.9 Å². The first-order chi connectivity index (χ1) is 17.7. The Hall–Kier alpha value is -2.54. The van der Waals surface area contributed by atoms with Crippen LogP contribution in [0.15, 0.2) is 24.3 Å². The summed E-state index contributed by atoms with van der Waals surface area (Å²) in [4.78, 5) is 4.81. The van der Waals surface area contributed by atoms with Crippen molar-refractivity contribution < 1.29 is 0 Å². The molecular formula is C32H48N4. The monoisotopic (exact) mass is 488 g/mol. The van der Waals surface area contributed by atoms with Crippen molar-refractivity contribution in [3.05, 3.63) is 41.0 Å². The highest BCUT2D eigenvalue weighted by atomic mass is 15.1. The lowest BCUT2D eigenvalue weighted by Gasteiger charge is -2.18. The summed E-state index contributed by atoms with van der Waals surface area (Å²) in [7, 11) is 0. The van der Waals surface area contributed by atoms with Crippen LogP contribution in [0.2, 0.25) is 0 Å². The number of hydrogen-bond donors (Lipinski definition) is 1. The zero-order valence-electron chi connectivity index (χ0n) is 23.2. The van der Waals surface area contributed by atoms with E-state index in [1.807, 2.05) is 18.2 Å². The molecule has 1 aromatic carbocycles. The topological polar surface area (TPSA) is 53.1 Å². The molecule has 4 nitrogen and oxygen atoms in total. The summed E-state index contributed by atoms with van der Waals surface area (Å²) in [5.74, 6) is 1.11. The predicted molar refractivity (Wildman–Crippen MR) is 155 cm³/mol. The van der Waals surface area contributed by atoms with Crippen molar-refractivity contribution in [1.29, 1.82) is 5.26 Å². The maximum atomic E-state index is 9.85. The van der Waals surface area contributed by atoms with E-state index < -0.39 is 0 Å². The van der Waals surface area contributed by atoms with Gasteiger partial charge in [-0.2, -0.15) is 5.26 Å². The number of aromatic nitrogens is 2. The van der Waals surface area contributed by atoms with Gasteiger partial charge in [-0.25, -0.2) is 4.98 Å². The van der Waals surface area contributed by atoms with E-state index in [1.165, 1.54) is 102 Å². The lowest BCUT2D eigenvalue weighted by Crippen LogP contribution is -2.12. The van der Waals surface area contributed by atoms with Gasteiger partial charge in [-0.1, -0.05) is 116 Å². The molecule has 0 aliphatic rings. The fourth-order valence-corrected chi connectivity index (χ4v) is 5.51. The Morgan fingerprint density at radius 2 is 1.36 bits per heavy atom. The second-order valence-electron chi connectivity index (χ2n) is 10.4. The normalized spacial score (nSPS) is 11.4. The smallest absolute Gasteiger partial charge is 0.157 e. The van der Waals surface area contributed by atoms with Gasteiger partial charge in [0.15, 0.2) is 5.65 Å². The molecule has 1 N–H and O–H groups in total. The Labute approximate surface area is 219 Å². The number of nitrogens with zero attached hydrogens (tertiary/aromatic N) is 3. The van der Waals surface area contributed by atoms with Crippen molar-refractivity contribution in [2.75, 3.05) is 11.9 Å². The van der Waals surface area contributed by atoms with Crippen LogP contribution in [-0.2, 0) is 6.42 Å². The van der Waals surface area contributed by atoms with E-state index in [-0.39, 0.29) is 0 Å². The third-order valence-corrected chi connectivity index (χ3v) is 7.66. The Kier molecular flexibility index (Phi) is 12.1. The van der Waals surface area contributed by atoms with E-state index in [4.69, 9.17) is 4.98 Å². The van der Waals surface area contributed by atoms with Crippen molar-refractivity contribution in [2.24, 2.45) is 0 Å².